The van der Waals surface area contributed by atoms with Gasteiger partial charge < -0.3 is 4.74 Å². The fourth-order valence-electron chi connectivity index (χ4n) is 5.85. The monoisotopic (exact) mass is 452 g/mol. The Hall–Kier alpha value is -2.11. The highest BCUT2D eigenvalue weighted by Crippen LogP contribution is 2.48. The summed E-state index contributed by atoms with van der Waals surface area (Å²) < 4.78 is 69.6. The lowest BCUT2D eigenvalue weighted by atomic mass is 9.63. The van der Waals surface area contributed by atoms with Crippen LogP contribution >= 0.6 is 0 Å². The first-order chi connectivity index (χ1) is 15.2. The fourth-order valence-corrected chi connectivity index (χ4v) is 5.85. The highest BCUT2D eigenvalue weighted by Gasteiger charge is 2.36. The van der Waals surface area contributed by atoms with Gasteiger partial charge >= 0.3 is 6.36 Å². The molecule has 0 heterocycles. The SMILES string of the molecule is CCCC1CC[C@@H]2C[C@H](c3ccc(-c4ccc(OC(F)(F)F)c(F)c4)c(F)c3)CC[C@@H]2C1. The largest absolute Gasteiger partial charge is 0.573 e. The van der Waals surface area contributed by atoms with Gasteiger partial charge in [-0.2, -0.15) is 0 Å². The number of rotatable bonds is 5. The Morgan fingerprint density at radius 1 is 0.875 bits per heavy atom. The summed E-state index contributed by atoms with van der Waals surface area (Å²) in [6.07, 6.45) is 4.80. The van der Waals surface area contributed by atoms with Crippen LogP contribution < -0.4 is 4.74 Å². The summed E-state index contributed by atoms with van der Waals surface area (Å²) in [6, 6.07) is 7.99. The molecule has 32 heavy (non-hydrogen) atoms. The van der Waals surface area contributed by atoms with E-state index in [2.05, 4.69) is 11.7 Å². The average Bonchev–Trinajstić information content (AvgIpc) is 2.74. The Kier molecular flexibility index (Phi) is 6.78. The first-order valence-corrected chi connectivity index (χ1v) is 11.6. The maximum Gasteiger partial charge on any atom is 0.573 e. The second-order valence-electron chi connectivity index (χ2n) is 9.43. The van der Waals surface area contributed by atoms with Gasteiger partial charge in [0.05, 0.1) is 0 Å². The predicted molar refractivity (Wildman–Crippen MR) is 114 cm³/mol. The molecule has 6 heteroatoms. The lowest BCUT2D eigenvalue weighted by Crippen LogP contribution is -2.30. The molecule has 1 nitrogen and oxygen atoms in total. The molecule has 2 aliphatic rings. The molecule has 0 N–H and O–H groups in total. The van der Waals surface area contributed by atoms with E-state index in [9.17, 15) is 22.0 Å². The van der Waals surface area contributed by atoms with Gasteiger partial charge in [0.15, 0.2) is 11.6 Å². The Morgan fingerprint density at radius 2 is 1.62 bits per heavy atom. The zero-order chi connectivity index (χ0) is 22.9. The van der Waals surface area contributed by atoms with Gasteiger partial charge in [-0.3, -0.25) is 0 Å². The highest BCUT2D eigenvalue weighted by atomic mass is 19.4. The van der Waals surface area contributed by atoms with Crippen molar-refractivity contribution >= 4 is 0 Å². The number of hydrogen-bond donors (Lipinski definition) is 0. The third-order valence-corrected chi connectivity index (χ3v) is 7.35. The van der Waals surface area contributed by atoms with Gasteiger partial charge in [0.1, 0.15) is 5.82 Å². The van der Waals surface area contributed by atoms with Crippen molar-refractivity contribution in [1.29, 1.82) is 0 Å². The molecular weight excluding hydrogens is 423 g/mol. The van der Waals surface area contributed by atoms with E-state index in [0.717, 1.165) is 42.4 Å². The summed E-state index contributed by atoms with van der Waals surface area (Å²) in [6.45, 7) is 2.25. The van der Waals surface area contributed by atoms with Gasteiger partial charge in [0, 0.05) is 5.56 Å². The highest BCUT2D eigenvalue weighted by molar-refractivity contribution is 5.65. The van der Waals surface area contributed by atoms with Gasteiger partial charge in [-0.25, -0.2) is 8.78 Å². The van der Waals surface area contributed by atoms with Crippen molar-refractivity contribution in [3.8, 4) is 16.9 Å². The van der Waals surface area contributed by atoms with Crippen molar-refractivity contribution in [3.05, 3.63) is 53.6 Å². The van der Waals surface area contributed by atoms with Crippen LogP contribution in [0, 0.1) is 29.4 Å². The van der Waals surface area contributed by atoms with E-state index < -0.39 is 23.7 Å². The molecule has 2 aromatic rings. The molecule has 2 aliphatic carbocycles. The molecule has 0 saturated heterocycles. The first kappa shape index (κ1) is 23.1. The van der Waals surface area contributed by atoms with E-state index in [-0.39, 0.29) is 11.1 Å². The molecule has 0 amide bonds. The maximum absolute atomic E-state index is 14.9. The van der Waals surface area contributed by atoms with Crippen molar-refractivity contribution in [2.24, 2.45) is 17.8 Å². The van der Waals surface area contributed by atoms with Crippen LogP contribution in [0.15, 0.2) is 36.4 Å². The summed E-state index contributed by atoms with van der Waals surface area (Å²) in [5.41, 5.74) is 1.30. The van der Waals surface area contributed by atoms with Crippen molar-refractivity contribution < 1.29 is 26.7 Å². The Bertz CT molecular complexity index is 938. The van der Waals surface area contributed by atoms with E-state index in [1.54, 1.807) is 6.07 Å². The predicted octanol–water partition coefficient (Wildman–Crippen LogP) is 8.63. The summed E-state index contributed by atoms with van der Waals surface area (Å²) in [5.74, 6) is 0.0924. The molecule has 0 radical (unpaired) electrons. The third kappa shape index (κ3) is 5.26. The van der Waals surface area contributed by atoms with Crippen molar-refractivity contribution in [2.45, 2.75) is 70.6 Å². The second-order valence-corrected chi connectivity index (χ2v) is 9.43. The number of fused-ring (bicyclic) bond motifs is 1. The van der Waals surface area contributed by atoms with Crippen LogP contribution in [0.2, 0.25) is 0 Å². The zero-order valence-electron chi connectivity index (χ0n) is 18.2. The molecule has 1 unspecified atom stereocenters. The van der Waals surface area contributed by atoms with Crippen molar-refractivity contribution in [2.75, 3.05) is 0 Å². The molecule has 0 bridgehead atoms. The Balaban J connectivity index is 1.46. The summed E-state index contributed by atoms with van der Waals surface area (Å²) >= 11 is 0. The molecule has 4 atom stereocenters. The van der Waals surface area contributed by atoms with Crippen molar-refractivity contribution in [3.63, 3.8) is 0 Å². The Labute approximate surface area is 186 Å². The van der Waals surface area contributed by atoms with E-state index in [1.165, 1.54) is 50.7 Å². The summed E-state index contributed by atoms with van der Waals surface area (Å²) in [5, 5.41) is 0. The molecule has 2 fully saturated rings. The summed E-state index contributed by atoms with van der Waals surface area (Å²) in [7, 11) is 0. The van der Waals surface area contributed by atoms with Crippen LogP contribution in [0.3, 0.4) is 0 Å². The van der Waals surface area contributed by atoms with Crippen LogP contribution in [-0.4, -0.2) is 6.36 Å². The molecule has 4 rings (SSSR count). The molecule has 174 valence electrons. The van der Waals surface area contributed by atoms with Crippen molar-refractivity contribution in [1.82, 2.24) is 0 Å². The first-order valence-electron chi connectivity index (χ1n) is 11.6. The van der Waals surface area contributed by atoms with E-state index in [4.69, 9.17) is 0 Å². The maximum atomic E-state index is 14.9. The van der Waals surface area contributed by atoms with Crippen LogP contribution in [0.4, 0.5) is 22.0 Å². The quantitative estimate of drug-likeness (QED) is 0.413. The van der Waals surface area contributed by atoms with Crippen LogP contribution in [0.25, 0.3) is 11.1 Å². The van der Waals surface area contributed by atoms with Crippen LogP contribution in [-0.2, 0) is 0 Å². The minimum absolute atomic E-state index is 0.167. The normalized spacial score (nSPS) is 25.9. The average molecular weight is 453 g/mol. The standard InChI is InChI=1S/C26H29F5O/c1-2-3-16-4-5-18-13-19(7-6-17(18)12-16)20-8-10-22(23(27)14-20)21-9-11-25(24(28)15-21)32-26(29,30)31/h8-11,14-19H,2-7,12-13H2,1H3/t16?,17-,18-,19-/m1/s1. The van der Waals surface area contributed by atoms with E-state index >= 15 is 0 Å². The van der Waals surface area contributed by atoms with Crippen LogP contribution in [0.1, 0.15) is 69.8 Å². The fraction of sp³-hybridized carbons (Fsp3) is 0.538. The van der Waals surface area contributed by atoms with E-state index in [1.807, 2.05) is 6.07 Å². The van der Waals surface area contributed by atoms with Gasteiger partial charge in [-0.15, -0.1) is 13.2 Å². The summed E-state index contributed by atoms with van der Waals surface area (Å²) in [4.78, 5) is 0. The lowest BCUT2D eigenvalue weighted by molar-refractivity contribution is -0.275. The minimum atomic E-state index is -4.98. The number of hydrogen-bond acceptors (Lipinski definition) is 1. The topological polar surface area (TPSA) is 9.23 Å². The molecule has 2 aromatic carbocycles. The number of alkyl halides is 3. The van der Waals surface area contributed by atoms with E-state index in [0.29, 0.717) is 11.8 Å². The Morgan fingerprint density at radius 3 is 2.31 bits per heavy atom. The molecule has 0 spiro atoms. The smallest absolute Gasteiger partial charge is 0.403 e. The number of halogens is 5. The molecule has 2 saturated carbocycles. The number of benzene rings is 2. The van der Waals surface area contributed by atoms with Gasteiger partial charge in [0.25, 0.3) is 0 Å². The van der Waals surface area contributed by atoms with Gasteiger partial charge in [0.2, 0.25) is 0 Å². The molecule has 0 aromatic heterocycles. The lowest BCUT2D eigenvalue weighted by Gasteiger charge is -2.42. The zero-order valence-corrected chi connectivity index (χ0v) is 18.2. The minimum Gasteiger partial charge on any atom is -0.403 e. The number of ether oxygens (including phenoxy) is 1. The van der Waals surface area contributed by atoms with Gasteiger partial charge in [-0.05, 0) is 85.1 Å². The third-order valence-electron chi connectivity index (χ3n) is 7.35. The second kappa shape index (κ2) is 9.40. The van der Waals surface area contributed by atoms with Gasteiger partial charge in [-0.1, -0.05) is 44.4 Å². The molecule has 0 aliphatic heterocycles. The molecular formula is C26H29F5O. The van der Waals surface area contributed by atoms with Crippen LogP contribution in [0.5, 0.6) is 5.75 Å².